The van der Waals surface area contributed by atoms with Crippen LogP contribution in [0.3, 0.4) is 0 Å². The minimum atomic E-state index is 0.695. The highest BCUT2D eigenvalue weighted by molar-refractivity contribution is 6.03. The summed E-state index contributed by atoms with van der Waals surface area (Å²) in [6.45, 7) is 4.63. The molecule has 3 aliphatic carbocycles. The van der Waals surface area contributed by atoms with Crippen LogP contribution in [0.4, 0.5) is 0 Å². The molecule has 0 heteroatoms. The minimum Gasteiger partial charge on any atom is -0.0622 e. The standard InChI is InChI=1S/C31H32/c1-3-20-13-10-14-21(4-2)27(20)29(22-11-6-5-7-12-22)31-26-16-9-8-15-25(26)28-23-17-18-24(19-23)30(28)31/h5-16,23-24,28,30H,3-4,17-19H2,1-2H3/b31-29+. The number of fused-ring (bicyclic) bond motifs is 7. The molecule has 2 bridgehead atoms. The average Bonchev–Trinajstić information content (AvgIpc) is 3.53. The second kappa shape index (κ2) is 7.52. The SMILES string of the molecule is CCc1cccc(CC)c1/C(=C1\c2ccccc2C2C3CCC(C3)C12)c1ccccc1. The number of rotatable bonds is 4. The van der Waals surface area contributed by atoms with Gasteiger partial charge in [-0.15, -0.1) is 0 Å². The Kier molecular flexibility index (Phi) is 4.64. The van der Waals surface area contributed by atoms with Gasteiger partial charge in [0.1, 0.15) is 0 Å². The quantitative estimate of drug-likeness (QED) is 0.414. The number of hydrogen-bond acceptors (Lipinski definition) is 0. The Bertz CT molecular complexity index is 1130. The van der Waals surface area contributed by atoms with Crippen molar-refractivity contribution in [3.63, 3.8) is 0 Å². The molecule has 4 unspecified atom stereocenters. The fourth-order valence-corrected chi connectivity index (χ4v) is 7.27. The van der Waals surface area contributed by atoms with E-state index >= 15 is 0 Å². The molecule has 0 nitrogen and oxygen atoms in total. The molecular weight excluding hydrogens is 372 g/mol. The first-order valence-electron chi connectivity index (χ1n) is 12.3. The summed E-state index contributed by atoms with van der Waals surface area (Å²) in [6, 6.07) is 27.6. The number of aryl methyl sites for hydroxylation is 2. The first-order chi connectivity index (χ1) is 15.3. The van der Waals surface area contributed by atoms with Gasteiger partial charge < -0.3 is 0 Å². The van der Waals surface area contributed by atoms with Crippen LogP contribution >= 0.6 is 0 Å². The highest BCUT2D eigenvalue weighted by atomic mass is 14.6. The summed E-state index contributed by atoms with van der Waals surface area (Å²) < 4.78 is 0. The average molecular weight is 405 g/mol. The van der Waals surface area contributed by atoms with E-state index < -0.39 is 0 Å². The molecule has 0 radical (unpaired) electrons. The maximum absolute atomic E-state index is 2.44. The monoisotopic (exact) mass is 404 g/mol. The Hall–Kier alpha value is -2.60. The summed E-state index contributed by atoms with van der Waals surface area (Å²) >= 11 is 0. The molecule has 4 atom stereocenters. The number of hydrogen-bond donors (Lipinski definition) is 0. The Morgan fingerprint density at radius 2 is 1.35 bits per heavy atom. The molecule has 156 valence electrons. The molecule has 3 aliphatic rings. The second-order valence-corrected chi connectivity index (χ2v) is 9.79. The van der Waals surface area contributed by atoms with Crippen LogP contribution in [0.25, 0.3) is 11.1 Å². The second-order valence-electron chi connectivity index (χ2n) is 9.79. The third-order valence-corrected chi connectivity index (χ3v) is 8.44. The molecule has 0 aromatic heterocycles. The Morgan fingerprint density at radius 1 is 0.710 bits per heavy atom. The molecule has 2 fully saturated rings. The van der Waals surface area contributed by atoms with Gasteiger partial charge in [-0.2, -0.15) is 0 Å². The molecule has 0 aliphatic heterocycles. The molecule has 3 aromatic carbocycles. The summed E-state index contributed by atoms with van der Waals surface area (Å²) in [5.41, 5.74) is 12.3. The molecule has 0 saturated heterocycles. The summed E-state index contributed by atoms with van der Waals surface area (Å²) in [4.78, 5) is 0. The molecular formula is C31H32. The summed E-state index contributed by atoms with van der Waals surface area (Å²) in [5, 5.41) is 0. The molecule has 0 amide bonds. The molecule has 0 N–H and O–H groups in total. The summed E-state index contributed by atoms with van der Waals surface area (Å²) in [5.74, 6) is 3.18. The van der Waals surface area contributed by atoms with Crippen LogP contribution in [-0.2, 0) is 12.8 Å². The Balaban J connectivity index is 1.72. The van der Waals surface area contributed by atoms with Gasteiger partial charge in [0, 0.05) is 0 Å². The lowest BCUT2D eigenvalue weighted by Gasteiger charge is -2.29. The summed E-state index contributed by atoms with van der Waals surface area (Å²) in [7, 11) is 0. The van der Waals surface area contributed by atoms with E-state index in [0.29, 0.717) is 5.92 Å². The van der Waals surface area contributed by atoms with Crippen LogP contribution in [0, 0.1) is 17.8 Å². The lowest BCUT2D eigenvalue weighted by Crippen LogP contribution is -2.17. The third-order valence-electron chi connectivity index (χ3n) is 8.44. The van der Waals surface area contributed by atoms with Gasteiger partial charge in [0.25, 0.3) is 0 Å². The number of benzene rings is 3. The molecule has 3 aromatic rings. The highest BCUT2D eigenvalue weighted by Gasteiger charge is 2.54. The smallest absolute Gasteiger partial charge is 0.00493 e. The zero-order valence-electron chi connectivity index (χ0n) is 18.8. The minimum absolute atomic E-state index is 0.695. The van der Waals surface area contributed by atoms with Crippen molar-refractivity contribution in [2.75, 3.05) is 0 Å². The van der Waals surface area contributed by atoms with Crippen LogP contribution in [0.1, 0.15) is 72.4 Å². The largest absolute Gasteiger partial charge is 0.0622 e. The van der Waals surface area contributed by atoms with E-state index in [4.69, 9.17) is 0 Å². The van der Waals surface area contributed by atoms with Crippen LogP contribution in [0.5, 0.6) is 0 Å². The van der Waals surface area contributed by atoms with E-state index in [9.17, 15) is 0 Å². The van der Waals surface area contributed by atoms with Crippen LogP contribution in [-0.4, -0.2) is 0 Å². The van der Waals surface area contributed by atoms with Crippen LogP contribution in [0.2, 0.25) is 0 Å². The van der Waals surface area contributed by atoms with E-state index in [1.54, 1.807) is 16.7 Å². The van der Waals surface area contributed by atoms with Gasteiger partial charge in [-0.1, -0.05) is 86.6 Å². The first-order valence-corrected chi connectivity index (χ1v) is 12.3. The van der Waals surface area contributed by atoms with Crippen molar-refractivity contribution in [2.45, 2.75) is 51.9 Å². The first kappa shape index (κ1) is 19.1. The highest BCUT2D eigenvalue weighted by Crippen LogP contribution is 2.66. The van der Waals surface area contributed by atoms with E-state index in [0.717, 1.165) is 30.6 Å². The van der Waals surface area contributed by atoms with Crippen LogP contribution in [0.15, 0.2) is 72.8 Å². The van der Waals surface area contributed by atoms with Crippen molar-refractivity contribution in [3.05, 3.63) is 106 Å². The normalized spacial score (nSPS) is 27.3. The molecule has 0 heterocycles. The van der Waals surface area contributed by atoms with Crippen molar-refractivity contribution in [2.24, 2.45) is 17.8 Å². The molecule has 2 saturated carbocycles. The predicted octanol–water partition coefficient (Wildman–Crippen LogP) is 7.91. The fourth-order valence-electron chi connectivity index (χ4n) is 7.27. The van der Waals surface area contributed by atoms with Gasteiger partial charge in [-0.3, -0.25) is 0 Å². The number of allylic oxidation sites excluding steroid dienone is 1. The van der Waals surface area contributed by atoms with Gasteiger partial charge in [-0.25, -0.2) is 0 Å². The lowest BCUT2D eigenvalue weighted by atomic mass is 9.75. The zero-order valence-corrected chi connectivity index (χ0v) is 18.8. The van der Waals surface area contributed by atoms with Crippen molar-refractivity contribution < 1.29 is 0 Å². The van der Waals surface area contributed by atoms with E-state index in [1.165, 1.54) is 47.1 Å². The predicted molar refractivity (Wildman–Crippen MR) is 131 cm³/mol. The van der Waals surface area contributed by atoms with Crippen molar-refractivity contribution in [1.29, 1.82) is 0 Å². The maximum atomic E-state index is 2.44. The lowest BCUT2D eigenvalue weighted by molar-refractivity contribution is 0.365. The van der Waals surface area contributed by atoms with Gasteiger partial charge in [0.2, 0.25) is 0 Å². The van der Waals surface area contributed by atoms with E-state index in [2.05, 4.69) is 86.6 Å². The third kappa shape index (κ3) is 2.80. The molecule has 6 rings (SSSR count). The van der Waals surface area contributed by atoms with Gasteiger partial charge in [-0.05, 0) is 100 Å². The van der Waals surface area contributed by atoms with E-state index in [1.807, 2.05) is 0 Å². The zero-order chi connectivity index (χ0) is 20.9. The van der Waals surface area contributed by atoms with Gasteiger partial charge >= 0.3 is 0 Å². The maximum Gasteiger partial charge on any atom is -0.00493 e. The Morgan fingerprint density at radius 3 is 2.06 bits per heavy atom. The molecule has 0 spiro atoms. The van der Waals surface area contributed by atoms with Crippen LogP contribution < -0.4 is 0 Å². The fraction of sp³-hybridized carbons (Fsp3) is 0.355. The van der Waals surface area contributed by atoms with Gasteiger partial charge in [0.05, 0.1) is 0 Å². The molecule has 31 heavy (non-hydrogen) atoms. The topological polar surface area (TPSA) is 0 Å². The van der Waals surface area contributed by atoms with E-state index in [-0.39, 0.29) is 0 Å². The summed E-state index contributed by atoms with van der Waals surface area (Å²) in [6.07, 6.45) is 6.44. The Labute approximate surface area is 187 Å². The van der Waals surface area contributed by atoms with Crippen molar-refractivity contribution in [3.8, 4) is 0 Å². The van der Waals surface area contributed by atoms with Crippen molar-refractivity contribution in [1.82, 2.24) is 0 Å². The van der Waals surface area contributed by atoms with Gasteiger partial charge in [0.15, 0.2) is 0 Å². The van der Waals surface area contributed by atoms with Crippen molar-refractivity contribution >= 4 is 11.1 Å².